The van der Waals surface area contributed by atoms with Gasteiger partial charge < -0.3 is 50.4 Å². The topological polar surface area (TPSA) is 202 Å². The van der Waals surface area contributed by atoms with E-state index in [0.717, 1.165) is 0 Å². The smallest absolute Gasteiger partial charge is 0.336 e. The minimum Gasteiger partial charge on any atom is -0.508 e. The molecule has 1 unspecified atom stereocenters. The van der Waals surface area contributed by atoms with E-state index in [4.69, 9.17) is 21.4 Å². The Kier molecular flexibility index (Phi) is 7.42. The van der Waals surface area contributed by atoms with Crippen molar-refractivity contribution >= 4 is 40.0 Å². The van der Waals surface area contributed by atoms with E-state index in [-0.39, 0.29) is 38.9 Å². The van der Waals surface area contributed by atoms with Crippen molar-refractivity contribution in [2.45, 2.75) is 30.6 Å². The fourth-order valence-corrected chi connectivity index (χ4v) is 4.99. The van der Waals surface area contributed by atoms with Crippen molar-refractivity contribution in [2.24, 2.45) is 0 Å². The van der Waals surface area contributed by atoms with Crippen LogP contribution >= 0.6 is 12.2 Å². The number of benzene rings is 3. The molecule has 0 spiro atoms. The third-order valence-corrected chi connectivity index (χ3v) is 6.87. The van der Waals surface area contributed by atoms with Crippen LogP contribution in [0.1, 0.15) is 10.4 Å². The van der Waals surface area contributed by atoms with Gasteiger partial charge in [-0.3, -0.25) is 4.79 Å². The zero-order valence-corrected chi connectivity index (χ0v) is 21.3. The van der Waals surface area contributed by atoms with Crippen LogP contribution < -0.4 is 16.1 Å². The van der Waals surface area contributed by atoms with Crippen LogP contribution in [0.25, 0.3) is 33.4 Å². The molecule has 1 aliphatic carbocycles. The number of hydrogen-bond acceptors (Lipinski definition) is 10. The Morgan fingerprint density at radius 1 is 0.975 bits per heavy atom. The molecule has 0 bridgehead atoms. The molecule has 8 N–H and O–H groups in total. The molecule has 40 heavy (non-hydrogen) atoms. The van der Waals surface area contributed by atoms with Crippen LogP contribution in [0, 0.1) is 0 Å². The summed E-state index contributed by atoms with van der Waals surface area (Å²) < 4.78 is 10.9. The number of carboxylic acids is 1. The van der Waals surface area contributed by atoms with E-state index in [1.54, 1.807) is 18.2 Å². The number of ether oxygens (including phenoxy) is 1. The van der Waals surface area contributed by atoms with E-state index < -0.39 is 43.2 Å². The number of aliphatic hydroxyl groups is 4. The second-order valence-corrected chi connectivity index (χ2v) is 9.64. The van der Waals surface area contributed by atoms with E-state index >= 15 is 0 Å². The van der Waals surface area contributed by atoms with E-state index in [9.17, 15) is 40.2 Å². The lowest BCUT2D eigenvalue weighted by Crippen LogP contribution is -2.64. The number of anilines is 1. The van der Waals surface area contributed by atoms with Crippen molar-refractivity contribution < 1.29 is 44.6 Å². The molecule has 208 valence electrons. The number of phenols is 1. The van der Waals surface area contributed by atoms with Crippen LogP contribution in [0.4, 0.5) is 5.69 Å². The second kappa shape index (κ2) is 10.8. The molecule has 3 aliphatic rings. The number of aromatic hydroxyl groups is 1. The van der Waals surface area contributed by atoms with Crippen LogP contribution in [0.3, 0.4) is 0 Å². The number of aromatic carboxylic acids is 1. The minimum absolute atomic E-state index is 0.0724. The number of carbonyl (C=O) groups is 1. The first-order valence-electron chi connectivity index (χ1n) is 12.0. The maximum absolute atomic E-state index is 12.4. The summed E-state index contributed by atoms with van der Waals surface area (Å²) in [5.74, 6) is -1.12. The normalized spacial score (nSPS) is 22.8. The second-order valence-electron chi connectivity index (χ2n) is 9.23. The Morgan fingerprint density at radius 2 is 1.73 bits per heavy atom. The van der Waals surface area contributed by atoms with Crippen molar-refractivity contribution in [2.75, 3.05) is 11.9 Å². The molecule has 0 radical (unpaired) electrons. The molecular formula is C27H24N2O10S. The first-order chi connectivity index (χ1) is 19.1. The first-order valence-corrected chi connectivity index (χ1v) is 12.4. The van der Waals surface area contributed by atoms with E-state index in [0.29, 0.717) is 22.1 Å². The summed E-state index contributed by atoms with van der Waals surface area (Å²) in [6.07, 6.45) is -5.81. The molecule has 5 atom stereocenters. The van der Waals surface area contributed by atoms with Crippen molar-refractivity contribution in [1.29, 1.82) is 0 Å². The number of nitrogens with one attached hydrogen (secondary N) is 2. The number of carboxylic acid groups (broad SMARTS) is 1. The van der Waals surface area contributed by atoms with Gasteiger partial charge in [0.2, 0.25) is 0 Å². The predicted molar refractivity (Wildman–Crippen MR) is 146 cm³/mol. The Bertz CT molecular complexity index is 1640. The van der Waals surface area contributed by atoms with Crippen LogP contribution in [0.2, 0.25) is 0 Å². The first kappa shape index (κ1) is 27.5. The number of phenolic OH excluding ortho intramolecular Hbond substituents is 1. The lowest BCUT2D eigenvalue weighted by Gasteiger charge is -2.40. The number of fused-ring (bicyclic) bond motifs is 2. The van der Waals surface area contributed by atoms with Gasteiger partial charge in [-0.05, 0) is 54.2 Å². The third-order valence-electron chi connectivity index (χ3n) is 6.65. The molecule has 0 saturated carbocycles. The van der Waals surface area contributed by atoms with Gasteiger partial charge in [-0.15, -0.1) is 0 Å². The summed E-state index contributed by atoms with van der Waals surface area (Å²) in [5.41, 5.74) is 1.33. The highest BCUT2D eigenvalue weighted by Crippen LogP contribution is 2.42. The third kappa shape index (κ3) is 5.09. The number of thiocarbonyl (C=S) groups is 1. The zero-order chi connectivity index (χ0) is 28.7. The lowest BCUT2D eigenvalue weighted by molar-refractivity contribution is -0.251. The summed E-state index contributed by atoms with van der Waals surface area (Å²) in [4.78, 5) is 24.4. The summed E-state index contributed by atoms with van der Waals surface area (Å²) in [6, 6.07) is 11.7. The molecule has 2 aliphatic heterocycles. The van der Waals surface area contributed by atoms with Gasteiger partial charge in [0.1, 0.15) is 41.4 Å². The average Bonchev–Trinajstić information content (AvgIpc) is 2.91. The highest BCUT2D eigenvalue weighted by atomic mass is 32.1. The standard InChI is InChI=1S/C27H24N2O10S/c30-10-20-23(33)24(34)22(26(37)39-20)29-27(40)28-11-1-4-14(17(7-11)25(35)36)21-15-5-2-12(31)8-18(15)38-19-9-13(32)3-6-16(19)21/h1-9,20,22-24,26,30-31,33-34,37H,10H2,(H,35,36)(H2,28,29,40)/t20-,22-,23-,24-,26?/m1/s1. The summed E-state index contributed by atoms with van der Waals surface area (Å²) in [7, 11) is 0. The van der Waals surface area contributed by atoms with Crippen molar-refractivity contribution in [3.05, 3.63) is 70.4 Å². The largest absolute Gasteiger partial charge is 0.508 e. The van der Waals surface area contributed by atoms with Crippen LogP contribution in [0.15, 0.2) is 63.8 Å². The molecule has 5 rings (SSSR count). The maximum atomic E-state index is 12.4. The van der Waals surface area contributed by atoms with Crippen LogP contribution in [-0.4, -0.2) is 79.0 Å². The van der Waals surface area contributed by atoms with Gasteiger partial charge in [0.25, 0.3) is 0 Å². The van der Waals surface area contributed by atoms with E-state index in [1.165, 1.54) is 36.4 Å². The molecular weight excluding hydrogens is 544 g/mol. The molecule has 2 aromatic rings. The highest BCUT2D eigenvalue weighted by molar-refractivity contribution is 7.80. The average molecular weight is 569 g/mol. The van der Waals surface area contributed by atoms with E-state index in [2.05, 4.69) is 10.6 Å². The Morgan fingerprint density at radius 3 is 2.45 bits per heavy atom. The van der Waals surface area contributed by atoms with Crippen LogP contribution in [-0.2, 0) is 4.74 Å². The van der Waals surface area contributed by atoms with Gasteiger partial charge in [-0.2, -0.15) is 0 Å². The van der Waals surface area contributed by atoms with Gasteiger partial charge >= 0.3 is 5.97 Å². The highest BCUT2D eigenvalue weighted by Gasteiger charge is 2.44. The summed E-state index contributed by atoms with van der Waals surface area (Å²) in [6.45, 7) is -0.617. The van der Waals surface area contributed by atoms with Crippen LogP contribution in [0.5, 0.6) is 5.75 Å². The predicted octanol–water partition coefficient (Wildman–Crippen LogP) is 1.05. The fourth-order valence-electron chi connectivity index (χ4n) is 4.74. The molecule has 1 saturated heterocycles. The zero-order valence-electron chi connectivity index (χ0n) is 20.5. The fraction of sp³-hybridized carbons (Fsp3) is 0.222. The summed E-state index contributed by atoms with van der Waals surface area (Å²) >= 11 is 5.26. The SMILES string of the molecule is O=C(O)c1cc(NC(=S)N[C@H]2C(O)O[C@H](CO)[C@@H](O)[C@@H]2O)ccc1-c1c2ccc(=O)cc-2oc2cc(O)ccc12. The molecule has 0 amide bonds. The van der Waals surface area contributed by atoms with Gasteiger partial charge in [0.15, 0.2) is 16.8 Å². The van der Waals surface area contributed by atoms with Crippen molar-refractivity contribution in [3.8, 4) is 28.2 Å². The molecule has 0 aromatic heterocycles. The van der Waals surface area contributed by atoms with E-state index in [1.807, 2.05) is 0 Å². The van der Waals surface area contributed by atoms with Gasteiger partial charge in [-0.25, -0.2) is 4.79 Å². The monoisotopic (exact) mass is 568 g/mol. The van der Waals surface area contributed by atoms with Gasteiger partial charge in [-0.1, -0.05) is 6.07 Å². The molecule has 13 heteroatoms. The van der Waals surface area contributed by atoms with Crippen molar-refractivity contribution in [3.63, 3.8) is 0 Å². The quantitative estimate of drug-likeness (QED) is 0.126. The van der Waals surface area contributed by atoms with Gasteiger partial charge in [0, 0.05) is 34.3 Å². The molecule has 2 heterocycles. The summed E-state index contributed by atoms with van der Waals surface area (Å²) in [5, 5.41) is 65.7. The molecule has 1 fully saturated rings. The lowest BCUT2D eigenvalue weighted by atomic mass is 9.90. The van der Waals surface area contributed by atoms with Gasteiger partial charge in [0.05, 0.1) is 12.2 Å². The minimum atomic E-state index is -1.61. The Labute approximate surface area is 231 Å². The maximum Gasteiger partial charge on any atom is 0.336 e. The molecule has 2 aromatic carbocycles. The van der Waals surface area contributed by atoms with Crippen molar-refractivity contribution in [1.82, 2.24) is 5.32 Å². The molecule has 12 nitrogen and oxygen atoms in total. The number of aliphatic hydroxyl groups excluding tert-OH is 4. The Hall–Kier alpha value is -4.11. The number of hydrogen-bond donors (Lipinski definition) is 8. The number of rotatable bonds is 5. The Balaban J connectivity index is 1.50.